The fourth-order valence-corrected chi connectivity index (χ4v) is 3.48. The molecule has 0 heterocycles. The summed E-state index contributed by atoms with van der Waals surface area (Å²) >= 11 is 6.35. The van der Waals surface area contributed by atoms with E-state index in [1.165, 1.54) is 0 Å². The molecule has 23 heavy (non-hydrogen) atoms. The topological polar surface area (TPSA) is 21.7 Å². The maximum absolute atomic E-state index is 6.48. The van der Waals surface area contributed by atoms with Crippen LogP contribution in [-0.2, 0) is 9.47 Å². The summed E-state index contributed by atoms with van der Waals surface area (Å²) in [6.07, 6.45) is 4.54. The van der Waals surface area contributed by atoms with Gasteiger partial charge in [-0.2, -0.15) is 11.8 Å². The maximum Gasteiger partial charge on any atom is 0.0723 e. The quantitative estimate of drug-likeness (QED) is 0.496. The third-order valence-corrected chi connectivity index (χ3v) is 5.83. The van der Waals surface area contributed by atoms with Crippen molar-refractivity contribution in [1.29, 1.82) is 0 Å². The number of likely N-dealkylation sites (N-methyl/N-ethyl adjacent to an activating group) is 1. The molecule has 0 bridgehead atoms. The Morgan fingerprint density at radius 1 is 1.13 bits per heavy atom. The zero-order valence-electron chi connectivity index (χ0n) is 16.7. The van der Waals surface area contributed by atoms with Crippen molar-refractivity contribution in [2.24, 2.45) is 5.41 Å². The summed E-state index contributed by atoms with van der Waals surface area (Å²) in [4.78, 5) is 0. The highest BCUT2D eigenvalue weighted by molar-refractivity contribution is 7.99. The Labute approximate surface area is 154 Å². The Bertz CT molecular complexity index is 320. The van der Waals surface area contributed by atoms with Crippen LogP contribution in [0.1, 0.15) is 61.3 Å². The van der Waals surface area contributed by atoms with Crippen molar-refractivity contribution >= 4 is 24.6 Å². The summed E-state index contributed by atoms with van der Waals surface area (Å²) in [7, 11) is 1.99. The molecular weight excluding hydrogens is 326 g/mol. The van der Waals surface area contributed by atoms with Gasteiger partial charge in [0, 0.05) is 18.4 Å². The van der Waals surface area contributed by atoms with Crippen LogP contribution in [0.3, 0.4) is 0 Å². The summed E-state index contributed by atoms with van der Waals surface area (Å²) in [5, 5.41) is 0.589. The van der Waals surface area contributed by atoms with Crippen LogP contribution in [0.5, 0.6) is 0 Å². The molecule has 0 saturated heterocycles. The second-order valence-electron chi connectivity index (χ2n) is 8.08. The van der Waals surface area contributed by atoms with E-state index in [-0.39, 0.29) is 23.2 Å². The van der Waals surface area contributed by atoms with Gasteiger partial charge < -0.3 is 9.47 Å². The highest BCUT2D eigenvalue weighted by atomic mass is 32.2. The zero-order valence-corrected chi connectivity index (χ0v) is 18.4. The SMILES string of the molecule is CSC(C)C(C)(C)CC(CN(C)S)OC(C)(C)CCOC(C)C. The lowest BCUT2D eigenvalue weighted by atomic mass is 9.83. The van der Waals surface area contributed by atoms with E-state index in [0.29, 0.717) is 5.25 Å². The average molecular weight is 366 g/mol. The standard InChI is InChI=1S/C18H39NO2S2/c1-14(2)20-11-10-18(6,7)21-16(13-19(8)22)12-17(4,5)15(3)23-9/h14-16,22H,10-13H2,1-9H3. The molecule has 0 saturated carbocycles. The summed E-state index contributed by atoms with van der Waals surface area (Å²) < 4.78 is 14.1. The summed E-state index contributed by atoms with van der Waals surface area (Å²) in [6, 6.07) is 0. The first-order chi connectivity index (χ1) is 10.4. The molecule has 0 aliphatic heterocycles. The fourth-order valence-electron chi connectivity index (χ4n) is 2.56. The van der Waals surface area contributed by atoms with E-state index in [1.54, 1.807) is 0 Å². The van der Waals surface area contributed by atoms with Crippen molar-refractivity contribution in [2.45, 2.75) is 84.4 Å². The van der Waals surface area contributed by atoms with Crippen molar-refractivity contribution in [1.82, 2.24) is 4.31 Å². The molecule has 0 aromatic rings. The van der Waals surface area contributed by atoms with Crippen LogP contribution in [0.15, 0.2) is 0 Å². The van der Waals surface area contributed by atoms with Crippen molar-refractivity contribution in [3.05, 3.63) is 0 Å². The third-order valence-electron chi connectivity index (χ3n) is 4.32. The van der Waals surface area contributed by atoms with Gasteiger partial charge in [-0.1, -0.05) is 33.6 Å². The first kappa shape index (κ1) is 23.6. The fraction of sp³-hybridized carbons (Fsp3) is 1.00. The Kier molecular flexibility index (Phi) is 10.8. The third kappa shape index (κ3) is 10.9. The van der Waals surface area contributed by atoms with Gasteiger partial charge in [0.2, 0.25) is 0 Å². The van der Waals surface area contributed by atoms with E-state index in [4.69, 9.17) is 9.47 Å². The monoisotopic (exact) mass is 365 g/mol. The van der Waals surface area contributed by atoms with Crippen molar-refractivity contribution in [2.75, 3.05) is 26.5 Å². The van der Waals surface area contributed by atoms with Crippen molar-refractivity contribution in [3.63, 3.8) is 0 Å². The van der Waals surface area contributed by atoms with Crippen LogP contribution >= 0.6 is 24.6 Å². The molecule has 0 spiro atoms. The Hall–Kier alpha value is 0.580. The number of thioether (sulfide) groups is 1. The summed E-state index contributed by atoms with van der Waals surface area (Å²) in [6.45, 7) is 17.0. The van der Waals surface area contributed by atoms with Gasteiger partial charge in [0.1, 0.15) is 0 Å². The number of ether oxygens (including phenoxy) is 2. The number of hydrogen-bond acceptors (Lipinski definition) is 5. The summed E-state index contributed by atoms with van der Waals surface area (Å²) in [5.74, 6) is 0. The van der Waals surface area contributed by atoms with E-state index in [0.717, 1.165) is 26.0 Å². The molecule has 0 rings (SSSR count). The molecule has 5 heteroatoms. The Balaban J connectivity index is 4.77. The molecule has 0 aliphatic carbocycles. The zero-order chi connectivity index (χ0) is 18.3. The van der Waals surface area contributed by atoms with Gasteiger partial charge in [-0.05, 0) is 59.3 Å². The average Bonchev–Trinajstić information content (AvgIpc) is 2.34. The van der Waals surface area contributed by atoms with Crippen LogP contribution in [0.25, 0.3) is 0 Å². The predicted octanol–water partition coefficient (Wildman–Crippen LogP) is 4.91. The Morgan fingerprint density at radius 2 is 1.70 bits per heavy atom. The lowest BCUT2D eigenvalue weighted by molar-refractivity contribution is -0.104. The van der Waals surface area contributed by atoms with Gasteiger partial charge in [-0.25, -0.2) is 0 Å². The van der Waals surface area contributed by atoms with E-state index in [9.17, 15) is 0 Å². The first-order valence-electron chi connectivity index (χ1n) is 8.62. The molecule has 0 aromatic carbocycles. The maximum atomic E-state index is 6.48. The molecule has 2 atom stereocenters. The molecule has 2 unspecified atom stereocenters. The van der Waals surface area contributed by atoms with Gasteiger partial charge in [0.25, 0.3) is 0 Å². The van der Waals surface area contributed by atoms with Crippen LogP contribution < -0.4 is 0 Å². The molecular formula is C18H39NO2S2. The van der Waals surface area contributed by atoms with E-state index >= 15 is 0 Å². The normalized spacial score (nSPS) is 16.2. The van der Waals surface area contributed by atoms with Gasteiger partial charge in [0.15, 0.2) is 0 Å². The van der Waals surface area contributed by atoms with Crippen LogP contribution in [0.2, 0.25) is 0 Å². The highest BCUT2D eigenvalue weighted by Crippen LogP contribution is 2.36. The molecule has 0 aromatic heterocycles. The van der Waals surface area contributed by atoms with Gasteiger partial charge >= 0.3 is 0 Å². The second-order valence-corrected chi connectivity index (χ2v) is 9.94. The number of hydrogen-bond donors (Lipinski definition) is 1. The minimum atomic E-state index is -0.192. The minimum absolute atomic E-state index is 0.163. The lowest BCUT2D eigenvalue weighted by Gasteiger charge is -2.38. The van der Waals surface area contributed by atoms with Gasteiger partial charge in [-0.3, -0.25) is 4.31 Å². The van der Waals surface area contributed by atoms with Crippen molar-refractivity contribution in [3.8, 4) is 0 Å². The van der Waals surface area contributed by atoms with Crippen LogP contribution in [0.4, 0.5) is 0 Å². The van der Waals surface area contributed by atoms with Crippen LogP contribution in [-0.4, -0.2) is 53.8 Å². The molecule has 0 N–H and O–H groups in total. The highest BCUT2D eigenvalue weighted by Gasteiger charge is 2.32. The van der Waals surface area contributed by atoms with E-state index < -0.39 is 0 Å². The molecule has 0 radical (unpaired) electrons. The largest absolute Gasteiger partial charge is 0.379 e. The lowest BCUT2D eigenvalue weighted by Crippen LogP contribution is -2.40. The van der Waals surface area contributed by atoms with Crippen molar-refractivity contribution < 1.29 is 9.47 Å². The molecule has 0 fully saturated rings. The molecule has 3 nitrogen and oxygen atoms in total. The first-order valence-corrected chi connectivity index (χ1v) is 10.3. The summed E-state index contributed by atoms with van der Waals surface area (Å²) in [5.41, 5.74) is 0.0282. The van der Waals surface area contributed by atoms with Gasteiger partial charge in [0.05, 0.1) is 17.8 Å². The van der Waals surface area contributed by atoms with E-state index in [1.807, 2.05) is 23.1 Å². The van der Waals surface area contributed by atoms with Crippen LogP contribution in [0, 0.1) is 5.41 Å². The molecule has 0 aliphatic rings. The number of thiol groups is 1. The molecule has 0 amide bonds. The predicted molar refractivity (Wildman–Crippen MR) is 108 cm³/mol. The Morgan fingerprint density at radius 3 is 2.13 bits per heavy atom. The number of rotatable bonds is 12. The second kappa shape index (κ2) is 10.5. The number of nitrogens with zero attached hydrogens (tertiary/aromatic N) is 1. The smallest absolute Gasteiger partial charge is 0.0723 e. The minimum Gasteiger partial charge on any atom is -0.379 e. The van der Waals surface area contributed by atoms with Gasteiger partial charge in [-0.15, -0.1) is 0 Å². The molecule has 140 valence electrons. The van der Waals surface area contributed by atoms with E-state index in [2.05, 4.69) is 67.5 Å².